The highest BCUT2D eigenvalue weighted by Gasteiger charge is 2.49. The molecule has 0 spiro atoms. The highest BCUT2D eigenvalue weighted by molar-refractivity contribution is 5.12. The first-order valence-corrected chi connectivity index (χ1v) is 2.75. The molecular weight excluding hydrogens is 102 g/mol. The van der Waals surface area contributed by atoms with Crippen LogP contribution >= 0.6 is 0 Å². The van der Waals surface area contributed by atoms with Crippen LogP contribution in [0.5, 0.6) is 0 Å². The summed E-state index contributed by atoms with van der Waals surface area (Å²) in [5, 5.41) is 16.9. The van der Waals surface area contributed by atoms with Crippen molar-refractivity contribution < 1.29 is 5.11 Å². The van der Waals surface area contributed by atoms with Gasteiger partial charge in [0.05, 0.1) is 11.5 Å². The average Bonchev–Trinajstić information content (AvgIpc) is 2.44. The monoisotopic (exact) mass is 111 g/mol. The second kappa shape index (κ2) is 1.46. The second-order valence-electron chi connectivity index (χ2n) is 2.61. The zero-order chi connectivity index (χ0) is 6.20. The quantitative estimate of drug-likeness (QED) is 0.536. The van der Waals surface area contributed by atoms with E-state index in [0.29, 0.717) is 0 Å². The Hall–Kier alpha value is -0.550. The van der Waals surface area contributed by atoms with Crippen LogP contribution in [0, 0.1) is 22.7 Å². The third kappa shape index (κ3) is 0.597. The van der Waals surface area contributed by atoms with E-state index in [1.54, 1.807) is 0 Å². The fourth-order valence-electron chi connectivity index (χ4n) is 0.856. The summed E-state index contributed by atoms with van der Waals surface area (Å²) in [5.74, 6) is 0.257. The van der Waals surface area contributed by atoms with Crippen LogP contribution < -0.4 is 0 Å². The molecule has 2 heteroatoms. The lowest BCUT2D eigenvalue weighted by Crippen LogP contribution is -1.96. The Bertz CT molecular complexity index is 138. The van der Waals surface area contributed by atoms with Gasteiger partial charge in [0.15, 0.2) is 0 Å². The van der Waals surface area contributed by atoms with Crippen molar-refractivity contribution in [3.8, 4) is 6.07 Å². The molecule has 0 saturated heterocycles. The number of rotatable bonds is 1. The highest BCUT2D eigenvalue weighted by Crippen LogP contribution is 2.50. The summed E-state index contributed by atoms with van der Waals surface area (Å²) in [7, 11) is 0. The molecular formula is C6H9NO. The van der Waals surface area contributed by atoms with Gasteiger partial charge in [-0.25, -0.2) is 0 Å². The van der Waals surface area contributed by atoms with E-state index in [9.17, 15) is 0 Å². The van der Waals surface area contributed by atoms with E-state index in [1.165, 1.54) is 0 Å². The van der Waals surface area contributed by atoms with E-state index in [2.05, 4.69) is 6.07 Å². The van der Waals surface area contributed by atoms with E-state index in [0.717, 1.165) is 6.42 Å². The van der Waals surface area contributed by atoms with E-state index < -0.39 is 0 Å². The molecule has 0 aromatic rings. The van der Waals surface area contributed by atoms with Crippen LogP contribution in [0.25, 0.3) is 0 Å². The molecule has 0 heterocycles. The molecule has 0 aliphatic heterocycles. The second-order valence-corrected chi connectivity index (χ2v) is 2.61. The van der Waals surface area contributed by atoms with E-state index >= 15 is 0 Å². The third-order valence-corrected chi connectivity index (χ3v) is 1.89. The molecule has 1 fully saturated rings. The van der Waals surface area contributed by atoms with Crippen molar-refractivity contribution >= 4 is 0 Å². The lowest BCUT2D eigenvalue weighted by Gasteiger charge is -1.92. The third-order valence-electron chi connectivity index (χ3n) is 1.89. The number of nitrogens with zero attached hydrogens (tertiary/aromatic N) is 1. The van der Waals surface area contributed by atoms with Crippen LogP contribution in [0.3, 0.4) is 0 Å². The van der Waals surface area contributed by atoms with Crippen LogP contribution in [0.1, 0.15) is 13.3 Å². The molecule has 1 N–H and O–H groups in total. The Balaban J connectivity index is 2.46. The number of hydrogen-bond donors (Lipinski definition) is 1. The summed E-state index contributed by atoms with van der Waals surface area (Å²) in [6.45, 7) is 2.05. The lowest BCUT2D eigenvalue weighted by molar-refractivity contribution is 0.263. The first-order valence-electron chi connectivity index (χ1n) is 2.75. The van der Waals surface area contributed by atoms with Crippen molar-refractivity contribution in [1.29, 1.82) is 5.26 Å². The standard InChI is InChI=1S/C6H9NO/c1-6(4-7)2-5(6)3-8/h5,8H,2-3H2,1H3/t5?,6-/m0/s1. The molecule has 0 bridgehead atoms. The maximum atomic E-state index is 8.52. The van der Waals surface area contributed by atoms with Gasteiger partial charge >= 0.3 is 0 Å². The summed E-state index contributed by atoms with van der Waals surface area (Å²) in [4.78, 5) is 0. The minimum Gasteiger partial charge on any atom is -0.396 e. The molecule has 2 atom stereocenters. The zero-order valence-corrected chi connectivity index (χ0v) is 4.89. The van der Waals surface area contributed by atoms with Crippen LogP contribution in [0.4, 0.5) is 0 Å². The molecule has 2 nitrogen and oxygen atoms in total. The van der Waals surface area contributed by atoms with E-state index in [4.69, 9.17) is 10.4 Å². The van der Waals surface area contributed by atoms with Gasteiger partial charge in [-0.2, -0.15) is 5.26 Å². The number of aliphatic hydroxyl groups excluding tert-OH is 1. The van der Waals surface area contributed by atoms with Gasteiger partial charge in [-0.15, -0.1) is 0 Å². The largest absolute Gasteiger partial charge is 0.396 e. The highest BCUT2D eigenvalue weighted by atomic mass is 16.3. The van der Waals surface area contributed by atoms with Crippen molar-refractivity contribution in [2.75, 3.05) is 6.61 Å². The van der Waals surface area contributed by atoms with Crippen LogP contribution in [0.15, 0.2) is 0 Å². The van der Waals surface area contributed by atoms with Gasteiger partial charge in [-0.1, -0.05) is 0 Å². The molecule has 1 unspecified atom stereocenters. The Morgan fingerprint density at radius 3 is 2.75 bits per heavy atom. The van der Waals surface area contributed by atoms with Gasteiger partial charge < -0.3 is 5.11 Å². The summed E-state index contributed by atoms with van der Waals surface area (Å²) in [5.41, 5.74) is -0.186. The van der Waals surface area contributed by atoms with Crippen LogP contribution in [0.2, 0.25) is 0 Å². The fraction of sp³-hybridized carbons (Fsp3) is 0.833. The lowest BCUT2D eigenvalue weighted by atomic mass is 10.1. The van der Waals surface area contributed by atoms with Crippen molar-refractivity contribution in [3.63, 3.8) is 0 Å². The Kier molecular flexibility index (Phi) is 1.02. The van der Waals surface area contributed by atoms with Gasteiger partial charge in [-0.3, -0.25) is 0 Å². The van der Waals surface area contributed by atoms with Crippen molar-refractivity contribution in [2.45, 2.75) is 13.3 Å². The SMILES string of the molecule is C[C@@]1(C#N)CC1CO. The molecule has 1 rings (SSSR count). The van der Waals surface area contributed by atoms with Gasteiger partial charge in [0.1, 0.15) is 0 Å². The molecule has 0 aromatic carbocycles. The van der Waals surface area contributed by atoms with Gasteiger partial charge in [0.2, 0.25) is 0 Å². The number of nitriles is 1. The van der Waals surface area contributed by atoms with Crippen LogP contribution in [-0.4, -0.2) is 11.7 Å². The Morgan fingerprint density at radius 2 is 2.62 bits per heavy atom. The van der Waals surface area contributed by atoms with Gasteiger partial charge in [0.25, 0.3) is 0 Å². The molecule has 1 aliphatic carbocycles. The summed E-state index contributed by atoms with van der Waals surface area (Å²) in [6.07, 6.45) is 0.875. The molecule has 0 aromatic heterocycles. The van der Waals surface area contributed by atoms with Crippen molar-refractivity contribution in [1.82, 2.24) is 0 Å². The predicted octanol–water partition coefficient (Wildman–Crippen LogP) is 0.528. The van der Waals surface area contributed by atoms with E-state index in [1.807, 2.05) is 6.92 Å². The molecule has 8 heavy (non-hydrogen) atoms. The van der Waals surface area contributed by atoms with Crippen molar-refractivity contribution in [3.05, 3.63) is 0 Å². The molecule has 1 aliphatic rings. The smallest absolute Gasteiger partial charge is 0.0690 e. The molecule has 0 radical (unpaired) electrons. The van der Waals surface area contributed by atoms with Gasteiger partial charge in [0, 0.05) is 12.5 Å². The van der Waals surface area contributed by atoms with Crippen molar-refractivity contribution in [2.24, 2.45) is 11.3 Å². The van der Waals surface area contributed by atoms with Gasteiger partial charge in [-0.05, 0) is 13.3 Å². The topological polar surface area (TPSA) is 44.0 Å². The molecule has 44 valence electrons. The summed E-state index contributed by atoms with van der Waals surface area (Å²) < 4.78 is 0. The summed E-state index contributed by atoms with van der Waals surface area (Å²) in [6, 6.07) is 2.16. The van der Waals surface area contributed by atoms with E-state index in [-0.39, 0.29) is 17.9 Å². The Labute approximate surface area is 48.7 Å². The maximum absolute atomic E-state index is 8.52. The zero-order valence-electron chi connectivity index (χ0n) is 4.89. The minimum atomic E-state index is -0.186. The normalized spacial score (nSPS) is 43.4. The number of aliphatic hydroxyl groups is 1. The van der Waals surface area contributed by atoms with Crippen LogP contribution in [-0.2, 0) is 0 Å². The first kappa shape index (κ1) is 5.58. The minimum absolute atomic E-state index is 0.171. The predicted molar refractivity (Wildman–Crippen MR) is 28.9 cm³/mol. The molecule has 0 amide bonds. The fourth-order valence-corrected chi connectivity index (χ4v) is 0.856. The summed E-state index contributed by atoms with van der Waals surface area (Å²) >= 11 is 0. The average molecular weight is 111 g/mol. The first-order chi connectivity index (χ1) is 3.73. The number of hydrogen-bond acceptors (Lipinski definition) is 2. The molecule has 1 saturated carbocycles. The maximum Gasteiger partial charge on any atom is 0.0690 e. The Morgan fingerprint density at radius 1 is 2.00 bits per heavy atom.